The normalized spacial score (nSPS) is 12.1. The smallest absolute Gasteiger partial charge is 0.292 e. The first-order valence-corrected chi connectivity index (χ1v) is 4.28. The van der Waals surface area contributed by atoms with E-state index in [1.165, 1.54) is 13.1 Å². The summed E-state index contributed by atoms with van der Waals surface area (Å²) in [5.74, 6) is -0.639. The summed E-state index contributed by atoms with van der Waals surface area (Å²) in [4.78, 5) is 25.6. The summed E-state index contributed by atoms with van der Waals surface area (Å²) in [7, 11) is 0. The molecule has 7 nitrogen and oxygen atoms in total. The Labute approximate surface area is 85.8 Å². The summed E-state index contributed by atoms with van der Waals surface area (Å²) in [6, 6.07) is -0.710. The van der Waals surface area contributed by atoms with Gasteiger partial charge in [0.05, 0.1) is 12.6 Å². The molecule has 15 heavy (non-hydrogen) atoms. The minimum absolute atomic E-state index is 0.000694. The number of carbonyl (C=O) groups is 2. The van der Waals surface area contributed by atoms with Crippen LogP contribution in [0.4, 0.5) is 6.01 Å². The maximum absolute atomic E-state index is 11.3. The summed E-state index contributed by atoms with van der Waals surface area (Å²) in [6.45, 7) is 1.50. The van der Waals surface area contributed by atoms with Crippen LogP contribution in [0.3, 0.4) is 0 Å². The molecule has 2 amide bonds. The van der Waals surface area contributed by atoms with Crippen LogP contribution in [-0.4, -0.2) is 22.8 Å². The summed E-state index contributed by atoms with van der Waals surface area (Å²) in [5, 5.41) is 2.39. The van der Waals surface area contributed by atoms with Crippen LogP contribution in [0, 0.1) is 0 Å². The molecule has 0 bridgehead atoms. The molecular formula is C8H12N4O3. The Morgan fingerprint density at radius 1 is 1.67 bits per heavy atom. The van der Waals surface area contributed by atoms with E-state index in [4.69, 9.17) is 15.9 Å². The number of nitrogens with one attached hydrogen (secondary N) is 1. The molecular weight excluding hydrogens is 200 g/mol. The number of nitrogen functional groups attached to an aromatic ring is 1. The fourth-order valence-corrected chi connectivity index (χ4v) is 0.926. The van der Waals surface area contributed by atoms with Gasteiger partial charge in [0, 0.05) is 0 Å². The number of amides is 2. The van der Waals surface area contributed by atoms with Crippen molar-refractivity contribution in [2.75, 3.05) is 5.73 Å². The van der Waals surface area contributed by atoms with Crippen molar-refractivity contribution >= 4 is 17.8 Å². The molecule has 1 aromatic rings. The Morgan fingerprint density at radius 2 is 2.33 bits per heavy atom. The molecule has 0 aliphatic rings. The van der Waals surface area contributed by atoms with Crippen molar-refractivity contribution in [1.29, 1.82) is 0 Å². The largest absolute Gasteiger partial charge is 0.428 e. The molecule has 1 aromatic heterocycles. The van der Waals surface area contributed by atoms with E-state index >= 15 is 0 Å². The molecule has 5 N–H and O–H groups in total. The Hall–Kier alpha value is -2.05. The lowest BCUT2D eigenvalue weighted by atomic mass is 10.3. The molecule has 1 heterocycles. The maximum Gasteiger partial charge on any atom is 0.292 e. The second-order valence-electron chi connectivity index (χ2n) is 3.03. The van der Waals surface area contributed by atoms with Crippen LogP contribution in [0.1, 0.15) is 12.7 Å². The molecule has 0 unspecified atom stereocenters. The quantitative estimate of drug-likeness (QED) is 0.577. The van der Waals surface area contributed by atoms with Gasteiger partial charge >= 0.3 is 0 Å². The Balaban J connectivity index is 2.46. The first kappa shape index (κ1) is 11.0. The van der Waals surface area contributed by atoms with Crippen LogP contribution < -0.4 is 16.8 Å². The summed E-state index contributed by atoms with van der Waals surface area (Å²) in [6.07, 6.45) is 1.33. The van der Waals surface area contributed by atoms with Crippen LogP contribution in [-0.2, 0) is 16.0 Å². The van der Waals surface area contributed by atoms with Gasteiger partial charge in [-0.3, -0.25) is 9.59 Å². The fraction of sp³-hybridized carbons (Fsp3) is 0.375. The lowest BCUT2D eigenvalue weighted by Gasteiger charge is -2.08. The molecule has 82 valence electrons. The molecule has 0 saturated carbocycles. The first-order valence-electron chi connectivity index (χ1n) is 4.28. The van der Waals surface area contributed by atoms with Gasteiger partial charge in [0.25, 0.3) is 6.01 Å². The first-order chi connectivity index (χ1) is 6.99. The number of oxazole rings is 1. The zero-order valence-electron chi connectivity index (χ0n) is 8.19. The number of hydrogen-bond acceptors (Lipinski definition) is 5. The van der Waals surface area contributed by atoms with Gasteiger partial charge in [-0.2, -0.15) is 0 Å². The van der Waals surface area contributed by atoms with E-state index < -0.39 is 11.9 Å². The molecule has 0 radical (unpaired) electrons. The average Bonchev–Trinajstić information content (AvgIpc) is 2.50. The topological polar surface area (TPSA) is 124 Å². The zero-order chi connectivity index (χ0) is 11.4. The van der Waals surface area contributed by atoms with Crippen LogP contribution in [0.5, 0.6) is 0 Å². The number of rotatable bonds is 4. The zero-order valence-corrected chi connectivity index (χ0v) is 8.19. The van der Waals surface area contributed by atoms with E-state index in [1.54, 1.807) is 0 Å². The third-order valence-electron chi connectivity index (χ3n) is 1.71. The monoisotopic (exact) mass is 212 g/mol. The van der Waals surface area contributed by atoms with Crippen molar-refractivity contribution in [2.24, 2.45) is 5.73 Å². The summed E-state index contributed by atoms with van der Waals surface area (Å²) in [5.41, 5.74) is 10.2. The van der Waals surface area contributed by atoms with Gasteiger partial charge in [0.15, 0.2) is 0 Å². The number of nitrogens with zero attached hydrogens (tertiary/aromatic N) is 1. The van der Waals surface area contributed by atoms with Gasteiger partial charge < -0.3 is 21.2 Å². The van der Waals surface area contributed by atoms with Crippen molar-refractivity contribution < 1.29 is 14.0 Å². The molecule has 1 rings (SSSR count). The fourth-order valence-electron chi connectivity index (χ4n) is 0.926. The molecule has 0 saturated heterocycles. The lowest BCUT2D eigenvalue weighted by molar-refractivity contribution is -0.126. The molecule has 0 aliphatic heterocycles. The molecule has 7 heteroatoms. The Kier molecular flexibility index (Phi) is 3.27. The van der Waals surface area contributed by atoms with E-state index in [9.17, 15) is 9.59 Å². The van der Waals surface area contributed by atoms with E-state index in [-0.39, 0.29) is 18.3 Å². The van der Waals surface area contributed by atoms with Gasteiger partial charge in [-0.25, -0.2) is 4.98 Å². The maximum atomic E-state index is 11.3. The third-order valence-corrected chi connectivity index (χ3v) is 1.71. The molecule has 1 atom stereocenters. The van der Waals surface area contributed by atoms with E-state index in [1.807, 2.05) is 0 Å². The Morgan fingerprint density at radius 3 is 2.80 bits per heavy atom. The number of anilines is 1. The van der Waals surface area contributed by atoms with E-state index in [0.717, 1.165) is 0 Å². The van der Waals surface area contributed by atoms with Crippen molar-refractivity contribution in [3.05, 3.63) is 12.0 Å². The highest BCUT2D eigenvalue weighted by Gasteiger charge is 2.13. The van der Waals surface area contributed by atoms with Crippen molar-refractivity contribution in [3.63, 3.8) is 0 Å². The van der Waals surface area contributed by atoms with Crippen LogP contribution >= 0.6 is 0 Å². The van der Waals surface area contributed by atoms with Gasteiger partial charge in [-0.1, -0.05) is 0 Å². The third kappa shape index (κ3) is 3.29. The molecule has 0 spiro atoms. The highest BCUT2D eigenvalue weighted by molar-refractivity contribution is 5.86. The molecule has 0 aromatic carbocycles. The van der Waals surface area contributed by atoms with Crippen LogP contribution in [0.25, 0.3) is 0 Å². The van der Waals surface area contributed by atoms with Crippen molar-refractivity contribution in [3.8, 4) is 0 Å². The minimum atomic E-state index is -0.710. The van der Waals surface area contributed by atoms with Crippen LogP contribution in [0.2, 0.25) is 0 Å². The van der Waals surface area contributed by atoms with Gasteiger partial charge in [-0.05, 0) is 6.92 Å². The van der Waals surface area contributed by atoms with Gasteiger partial charge in [-0.15, -0.1) is 0 Å². The van der Waals surface area contributed by atoms with Gasteiger partial charge in [0.1, 0.15) is 11.8 Å². The molecule has 0 fully saturated rings. The van der Waals surface area contributed by atoms with E-state index in [2.05, 4.69) is 10.3 Å². The van der Waals surface area contributed by atoms with Crippen LogP contribution in [0.15, 0.2) is 10.6 Å². The predicted octanol–water partition coefficient (Wildman–Crippen LogP) is -1.21. The molecule has 0 aliphatic carbocycles. The number of nitrogens with two attached hydrogens (primary N) is 2. The summed E-state index contributed by atoms with van der Waals surface area (Å²) >= 11 is 0. The number of primary amides is 1. The SMILES string of the molecule is C[C@H](NC(=O)Cc1cnc(N)o1)C(N)=O. The highest BCUT2D eigenvalue weighted by Crippen LogP contribution is 2.04. The van der Waals surface area contributed by atoms with E-state index in [0.29, 0.717) is 5.76 Å². The highest BCUT2D eigenvalue weighted by atomic mass is 16.4. The minimum Gasteiger partial charge on any atom is -0.428 e. The second kappa shape index (κ2) is 4.45. The summed E-state index contributed by atoms with van der Waals surface area (Å²) < 4.78 is 4.89. The second-order valence-corrected chi connectivity index (χ2v) is 3.03. The Bertz CT molecular complexity index is 374. The lowest BCUT2D eigenvalue weighted by Crippen LogP contribution is -2.42. The van der Waals surface area contributed by atoms with Crippen molar-refractivity contribution in [1.82, 2.24) is 10.3 Å². The van der Waals surface area contributed by atoms with Gasteiger partial charge in [0.2, 0.25) is 11.8 Å². The standard InChI is InChI=1S/C8H12N4O3/c1-4(7(9)14)12-6(13)2-5-3-11-8(10)15-5/h3-4H,2H2,1H3,(H2,9,14)(H2,10,11)(H,12,13)/t4-/m0/s1. The number of hydrogen-bond donors (Lipinski definition) is 3. The number of aromatic nitrogens is 1. The number of carbonyl (C=O) groups excluding carboxylic acids is 2. The predicted molar refractivity (Wildman–Crippen MR) is 51.4 cm³/mol. The van der Waals surface area contributed by atoms with Crippen molar-refractivity contribution in [2.45, 2.75) is 19.4 Å². The average molecular weight is 212 g/mol.